The SMILES string of the molecule is CCN(CC)CCS(=O)(=O)[C@@H]1CCN2C(=O)c3coc(n3)CC(=O)C[C@H](O)/C=C(C)\C=C/CNC(=O)/C=C\[C@@H](C)[C@@H](C(C)C)OC(=O)[C@@H]12.CC[C@H]1NC(=O)[C@@H](NC(=O)c2ncccc2O)[C@@H](C)OC(=O)[C@H](c2ccccc2)NC(=O)C2CC(=O)[C@H](CS[C@@H]3CN4CCC3CC4)CN2C(=O)[C@H](Cc2ccc(N(C)C)cc2)N(C)C(=O)[C@@H]2CCCN2C1=O. The number of sulfone groups is 1. The number of aromatic nitrogens is 2. The van der Waals surface area contributed by atoms with Gasteiger partial charge < -0.3 is 79.7 Å². The predicted octanol–water partition coefficient (Wildman–Crippen LogP) is 4.59. The van der Waals surface area contributed by atoms with Crippen LogP contribution in [0.25, 0.3) is 0 Å². The van der Waals surface area contributed by atoms with E-state index in [0.717, 1.165) is 54.9 Å². The lowest BCUT2D eigenvalue weighted by molar-refractivity contribution is -0.158. The molecule has 7 saturated heterocycles. The Balaban J connectivity index is 0.000000278. The summed E-state index contributed by atoms with van der Waals surface area (Å²) in [4.78, 5) is 190. The minimum absolute atomic E-state index is 0.0243. The van der Waals surface area contributed by atoms with E-state index in [1.54, 1.807) is 81.1 Å². The average Bonchev–Trinajstić information content (AvgIpc) is 1.69. The van der Waals surface area contributed by atoms with E-state index in [1.807, 2.05) is 75.9 Å². The second-order valence-corrected chi connectivity index (χ2v) is 36.4. The number of piperidine rings is 4. The van der Waals surface area contributed by atoms with E-state index in [0.29, 0.717) is 42.0 Å². The number of likely N-dealkylation sites (N-methyl/N-ethyl adjacent to an activating group) is 1. The normalized spacial score (nSPS) is 28.9. The van der Waals surface area contributed by atoms with Crippen molar-refractivity contribution in [3.8, 4) is 5.75 Å². The highest BCUT2D eigenvalue weighted by molar-refractivity contribution is 8.00. The van der Waals surface area contributed by atoms with Gasteiger partial charge in [0.25, 0.3) is 11.8 Å². The Bertz CT molecular complexity index is 4590. The zero-order chi connectivity index (χ0) is 87.7. The quantitative estimate of drug-likeness (QED) is 0.0787. The average molecular weight is 1710 g/mol. The van der Waals surface area contributed by atoms with Gasteiger partial charge in [-0.2, -0.15) is 11.8 Å². The maximum atomic E-state index is 15.7. The fourth-order valence-electron chi connectivity index (χ4n) is 16.8. The van der Waals surface area contributed by atoms with Crippen LogP contribution in [0.2, 0.25) is 0 Å². The van der Waals surface area contributed by atoms with E-state index in [9.17, 15) is 61.8 Å². The topological polar surface area (TPSA) is 408 Å². The number of carbonyl (C=O) groups excluding carboxylic acids is 12. The van der Waals surface area contributed by atoms with Gasteiger partial charge in [-0.25, -0.2) is 28.0 Å². The smallest absolute Gasteiger partial charge is 0.333 e. The number of nitrogens with one attached hydrogen (secondary N) is 4. The van der Waals surface area contributed by atoms with Crippen LogP contribution in [-0.2, 0) is 80.1 Å². The standard InChI is InChI=1S/C53H67N9O10S.C34H50N4O9S/c1-6-37-50(68)61-23-11-14-38(61)51(69)59(5)40(26-32-16-18-36(19-17-32)58(3)4)52(70)62-28-35(30-73-43-29-60-24-20-33(43)21-25-60)42(64)27-39(62)47(65)57-45(34-12-8-7-9-13-34)53(71)72-31(2)44(48(66)55-37)56-49(67)46-41(63)15-10-22-54-46;1-7-37(8-2)16-17-48(44,45)28-13-15-38-31(28)34(43)47-32(22(3)4)24(6)11-12-29(41)35-14-9-10-23(5)18-25(39)19-26(40)20-30-36-27(21-46-30)33(38)42/h7-10,12-13,15-19,22,31,33,35,37-40,43-45,63H,6,11,14,20-21,23-30H2,1-5H3,(H,55,66)(H,56,67)(H,57,65);9-12,18,21-22,24-25,28,31-32,39H,7-8,13-17,19-20H2,1-6H3,(H,35,41)/b;10-9-,12-11-,23-18-/t31-,35+,37-,38+,39?,40+,43-,44+,45+;24-,25-,28-,31-,32-/m11/s1. The third kappa shape index (κ3) is 23.8. The van der Waals surface area contributed by atoms with Crippen molar-refractivity contribution in [2.45, 2.75) is 191 Å². The molecular weight excluding hydrogens is 1600 g/mol. The molecule has 34 heteroatoms. The maximum Gasteiger partial charge on any atom is 0.333 e. The van der Waals surface area contributed by atoms with Crippen molar-refractivity contribution in [2.24, 2.45) is 23.7 Å². The predicted molar refractivity (Wildman–Crippen MR) is 452 cm³/mol. The molecule has 656 valence electrons. The zero-order valence-corrected chi connectivity index (χ0v) is 72.5. The largest absolute Gasteiger partial charge is 0.505 e. The number of thioether (sulfide) groups is 1. The Kier molecular flexibility index (Phi) is 32.8. The van der Waals surface area contributed by atoms with E-state index < -0.39 is 152 Å². The van der Waals surface area contributed by atoms with Crippen LogP contribution in [-0.4, -0.2) is 292 Å². The number of ketones is 2. The van der Waals surface area contributed by atoms with E-state index in [4.69, 9.17) is 13.9 Å². The van der Waals surface area contributed by atoms with Gasteiger partial charge in [0.1, 0.15) is 72.0 Å². The third-order valence-corrected chi connectivity index (χ3v) is 27.5. The van der Waals surface area contributed by atoms with Gasteiger partial charge in [-0.3, -0.25) is 47.9 Å². The van der Waals surface area contributed by atoms with Crippen molar-refractivity contribution in [1.82, 2.24) is 60.6 Å². The number of hydrogen-bond acceptors (Lipinski definition) is 25. The first-order chi connectivity index (χ1) is 57.7. The summed E-state index contributed by atoms with van der Waals surface area (Å²) < 4.78 is 44.9. The minimum Gasteiger partial charge on any atom is -0.505 e. The number of aliphatic hydroxyl groups excluding tert-OH is 1. The highest BCUT2D eigenvalue weighted by Crippen LogP contribution is 2.38. The number of oxazole rings is 1. The number of aliphatic hydroxyl groups is 1. The number of Topliss-reactive ketones (excluding diaryl/α,β-unsaturated/α-hetero) is 2. The second kappa shape index (κ2) is 42.6. The van der Waals surface area contributed by atoms with Gasteiger partial charge in [-0.05, 0) is 132 Å². The van der Waals surface area contributed by atoms with Crippen molar-refractivity contribution < 1.29 is 90.1 Å². The number of carbonyl (C=O) groups is 12. The summed E-state index contributed by atoms with van der Waals surface area (Å²) in [5.74, 6) is -9.05. The van der Waals surface area contributed by atoms with Gasteiger partial charge in [0.2, 0.25) is 41.3 Å². The van der Waals surface area contributed by atoms with Crippen LogP contribution >= 0.6 is 11.8 Å². The van der Waals surface area contributed by atoms with E-state index >= 15 is 14.4 Å². The molecule has 10 heterocycles. The molecule has 7 fully saturated rings. The number of esters is 2. The highest BCUT2D eigenvalue weighted by Gasteiger charge is 2.52. The van der Waals surface area contributed by atoms with Crippen molar-refractivity contribution >= 4 is 98.0 Å². The number of amides is 8. The van der Waals surface area contributed by atoms with Gasteiger partial charge in [0.15, 0.2) is 27.3 Å². The maximum absolute atomic E-state index is 15.7. The number of fused-ring (bicyclic) bond motifs is 8. The molecule has 0 spiro atoms. The molecule has 2 aromatic heterocycles. The summed E-state index contributed by atoms with van der Waals surface area (Å²) in [5, 5.41) is 30.8. The summed E-state index contributed by atoms with van der Waals surface area (Å²) in [6, 6.07) is 8.81. The highest BCUT2D eigenvalue weighted by atomic mass is 32.2. The number of rotatable bonds is 17. The fraction of sp³-hybridized carbons (Fsp3) is 0.563. The number of nitrogens with zero attached hydrogens (tertiary/aromatic N) is 9. The first-order valence-corrected chi connectivity index (χ1v) is 44.7. The summed E-state index contributed by atoms with van der Waals surface area (Å²) in [7, 11) is 1.46. The molecule has 4 bridgehead atoms. The van der Waals surface area contributed by atoms with Gasteiger partial charge in [0, 0.05) is 114 Å². The first kappa shape index (κ1) is 93.1. The molecule has 6 N–H and O–H groups in total. The number of anilines is 1. The summed E-state index contributed by atoms with van der Waals surface area (Å²) in [6.45, 7) is 19.0. The summed E-state index contributed by atoms with van der Waals surface area (Å²) >= 11 is 1.73. The molecule has 0 aliphatic carbocycles. The number of cyclic esters (lactones) is 2. The molecular formula is C87H117N13O19S2. The lowest BCUT2D eigenvalue weighted by Crippen LogP contribution is -2.63. The van der Waals surface area contributed by atoms with E-state index in [2.05, 4.69) is 36.1 Å². The molecule has 1 unspecified atom stereocenters. The molecule has 8 aliphatic rings. The minimum atomic E-state index is -3.87. The molecule has 0 radical (unpaired) electrons. The lowest BCUT2D eigenvalue weighted by atomic mass is 9.88. The monoisotopic (exact) mass is 1710 g/mol. The van der Waals surface area contributed by atoms with E-state index in [1.165, 1.54) is 59.2 Å². The Morgan fingerprint density at radius 1 is 0.785 bits per heavy atom. The van der Waals surface area contributed by atoms with E-state index in [-0.39, 0.29) is 124 Å². The Hall–Kier alpha value is -10.2. The number of hydrogen-bond donors (Lipinski definition) is 6. The van der Waals surface area contributed by atoms with Crippen molar-refractivity contribution in [3.63, 3.8) is 0 Å². The molecule has 0 saturated carbocycles. The number of aromatic hydroxyl groups is 1. The van der Waals surface area contributed by atoms with Crippen LogP contribution < -0.4 is 26.2 Å². The number of pyridine rings is 1. The lowest BCUT2D eigenvalue weighted by Gasteiger charge is -2.45. The molecule has 4 aromatic rings. The van der Waals surface area contributed by atoms with Crippen LogP contribution in [0.15, 0.2) is 120 Å². The van der Waals surface area contributed by atoms with Gasteiger partial charge in [0.05, 0.1) is 23.5 Å². The molecule has 2 aromatic carbocycles. The van der Waals surface area contributed by atoms with Crippen molar-refractivity contribution in [1.29, 1.82) is 0 Å². The van der Waals surface area contributed by atoms with Gasteiger partial charge in [-0.15, -0.1) is 0 Å². The summed E-state index contributed by atoms with van der Waals surface area (Å²) in [6.07, 6.45) is 9.09. The Labute approximate surface area is 711 Å². The first-order valence-electron chi connectivity index (χ1n) is 41.9. The fourth-order valence-corrected chi connectivity index (χ4v) is 20.3. The molecule has 8 aliphatic heterocycles. The molecule has 14 atom stereocenters. The molecule has 32 nitrogen and oxygen atoms in total. The second-order valence-electron chi connectivity index (χ2n) is 32.8. The summed E-state index contributed by atoms with van der Waals surface area (Å²) in [5.41, 5.74) is 1.99. The number of ether oxygens (including phenoxy) is 2. The number of allylic oxidation sites excluding steroid dienone is 2. The van der Waals surface area contributed by atoms with Crippen molar-refractivity contribution in [2.75, 3.05) is 103 Å². The molecule has 121 heavy (non-hydrogen) atoms. The van der Waals surface area contributed by atoms with Crippen LogP contribution in [0.1, 0.15) is 151 Å². The molecule has 12 rings (SSSR count). The Morgan fingerprint density at radius 3 is 2.17 bits per heavy atom. The van der Waals surface area contributed by atoms with Gasteiger partial charge >= 0.3 is 11.9 Å². The van der Waals surface area contributed by atoms with Crippen LogP contribution in [0.3, 0.4) is 0 Å². The molecule has 8 amide bonds. The van der Waals surface area contributed by atoms with Crippen molar-refractivity contribution in [3.05, 3.63) is 144 Å². The van der Waals surface area contributed by atoms with Crippen LogP contribution in [0.4, 0.5) is 5.69 Å². The van der Waals surface area contributed by atoms with Crippen LogP contribution in [0, 0.1) is 23.7 Å². The number of benzene rings is 2. The third-order valence-electron chi connectivity index (χ3n) is 23.8. The Morgan fingerprint density at radius 2 is 1.50 bits per heavy atom. The van der Waals surface area contributed by atoms with Crippen LogP contribution in [0.5, 0.6) is 5.75 Å². The van der Waals surface area contributed by atoms with Gasteiger partial charge in [-0.1, -0.05) is 114 Å². The zero-order valence-electron chi connectivity index (χ0n) is 70.9.